The van der Waals surface area contributed by atoms with Gasteiger partial charge in [-0.3, -0.25) is 4.79 Å². The summed E-state index contributed by atoms with van der Waals surface area (Å²) < 4.78 is 0. The summed E-state index contributed by atoms with van der Waals surface area (Å²) >= 11 is 0. The summed E-state index contributed by atoms with van der Waals surface area (Å²) in [6.07, 6.45) is 1.66. The molecule has 0 aromatic heterocycles. The van der Waals surface area contributed by atoms with Crippen LogP contribution < -0.4 is 10.6 Å². The molecule has 1 aliphatic heterocycles. The number of benzene rings is 1. The van der Waals surface area contributed by atoms with Crippen LogP contribution in [0.3, 0.4) is 0 Å². The Morgan fingerprint density at radius 3 is 2.85 bits per heavy atom. The van der Waals surface area contributed by atoms with E-state index in [0.717, 1.165) is 18.7 Å². The summed E-state index contributed by atoms with van der Waals surface area (Å²) in [6, 6.07) is 4.60. The van der Waals surface area contributed by atoms with Gasteiger partial charge in [0, 0.05) is 17.8 Å². The van der Waals surface area contributed by atoms with E-state index in [0.29, 0.717) is 12.0 Å². The molecule has 0 saturated carbocycles. The molecular weight excluding hydrogens is 256 g/mol. The number of carboxylic acids is 1. The van der Waals surface area contributed by atoms with Gasteiger partial charge in [0.1, 0.15) is 6.04 Å². The average Bonchev–Trinajstić information content (AvgIpc) is 2.90. The molecule has 0 saturated heterocycles. The van der Waals surface area contributed by atoms with Gasteiger partial charge >= 0.3 is 5.97 Å². The molecule has 1 amide bonds. The molecule has 2 rings (SSSR count). The highest BCUT2D eigenvalue weighted by molar-refractivity contribution is 5.97. The van der Waals surface area contributed by atoms with Crippen LogP contribution in [0.25, 0.3) is 0 Å². The third kappa shape index (κ3) is 2.92. The number of hydrogen-bond acceptors (Lipinski definition) is 3. The van der Waals surface area contributed by atoms with Crippen LogP contribution in [0.1, 0.15) is 36.2 Å². The van der Waals surface area contributed by atoms with E-state index >= 15 is 0 Å². The second kappa shape index (κ2) is 5.94. The van der Waals surface area contributed by atoms with Crippen molar-refractivity contribution in [3.63, 3.8) is 0 Å². The highest BCUT2D eigenvalue weighted by Crippen LogP contribution is 2.23. The van der Waals surface area contributed by atoms with E-state index in [1.54, 1.807) is 12.1 Å². The van der Waals surface area contributed by atoms with Crippen molar-refractivity contribution in [1.29, 1.82) is 0 Å². The molecule has 2 atom stereocenters. The molecule has 1 aromatic rings. The van der Waals surface area contributed by atoms with E-state index in [1.807, 2.05) is 19.9 Å². The van der Waals surface area contributed by atoms with Crippen LogP contribution in [0.15, 0.2) is 18.2 Å². The highest BCUT2D eigenvalue weighted by Gasteiger charge is 2.26. The Hall–Kier alpha value is -2.04. The Labute approximate surface area is 118 Å². The van der Waals surface area contributed by atoms with Gasteiger partial charge in [-0.25, -0.2) is 4.79 Å². The Morgan fingerprint density at radius 2 is 2.20 bits per heavy atom. The minimum atomic E-state index is -0.994. The van der Waals surface area contributed by atoms with Gasteiger partial charge in [-0.1, -0.05) is 26.3 Å². The lowest BCUT2D eigenvalue weighted by molar-refractivity contribution is -0.140. The van der Waals surface area contributed by atoms with Crippen LogP contribution in [0.2, 0.25) is 0 Å². The third-order valence-corrected chi connectivity index (χ3v) is 3.85. The molecule has 3 N–H and O–H groups in total. The molecule has 0 fully saturated rings. The highest BCUT2D eigenvalue weighted by atomic mass is 16.4. The summed E-state index contributed by atoms with van der Waals surface area (Å²) in [6.45, 7) is 4.61. The van der Waals surface area contributed by atoms with E-state index in [1.165, 1.54) is 5.56 Å². The fourth-order valence-corrected chi connectivity index (χ4v) is 2.34. The van der Waals surface area contributed by atoms with E-state index < -0.39 is 12.0 Å². The molecule has 5 heteroatoms. The molecular formula is C15H20N2O3. The molecule has 1 aromatic carbocycles. The van der Waals surface area contributed by atoms with Crippen molar-refractivity contribution in [1.82, 2.24) is 5.32 Å². The molecule has 0 bridgehead atoms. The number of carbonyl (C=O) groups excluding carboxylic acids is 1. The molecule has 5 nitrogen and oxygen atoms in total. The predicted molar refractivity (Wildman–Crippen MR) is 77.0 cm³/mol. The second-order valence-electron chi connectivity index (χ2n) is 5.22. The lowest BCUT2D eigenvalue weighted by Crippen LogP contribution is -2.45. The second-order valence-corrected chi connectivity index (χ2v) is 5.22. The third-order valence-electron chi connectivity index (χ3n) is 3.85. The number of aliphatic carboxylic acids is 1. The monoisotopic (exact) mass is 276 g/mol. The topological polar surface area (TPSA) is 78.4 Å². The SMILES string of the molecule is CCC(C)[C@H](NC(=O)c1ccc2c(c1)NCC2)C(=O)O. The Kier molecular flexibility index (Phi) is 4.27. The van der Waals surface area contributed by atoms with Gasteiger partial charge in [-0.15, -0.1) is 0 Å². The van der Waals surface area contributed by atoms with E-state index in [-0.39, 0.29) is 11.8 Å². The summed E-state index contributed by atoms with van der Waals surface area (Å²) in [7, 11) is 0. The molecule has 0 aliphatic carbocycles. The van der Waals surface area contributed by atoms with Crippen molar-refractivity contribution in [3.8, 4) is 0 Å². The first-order valence-corrected chi connectivity index (χ1v) is 6.93. The molecule has 0 radical (unpaired) electrons. The summed E-state index contributed by atoms with van der Waals surface area (Å²) in [5, 5.41) is 15.0. The van der Waals surface area contributed by atoms with Gasteiger partial charge in [0.05, 0.1) is 0 Å². The molecule has 1 unspecified atom stereocenters. The number of anilines is 1. The first-order chi connectivity index (χ1) is 9.52. The van der Waals surface area contributed by atoms with Gasteiger partial charge in [0.15, 0.2) is 0 Å². The standard InChI is InChI=1S/C15H20N2O3/c1-3-9(2)13(15(19)20)17-14(18)11-5-4-10-6-7-16-12(10)8-11/h4-5,8-9,13,16H,3,6-7H2,1-2H3,(H,17,18)(H,19,20)/t9?,13-/m0/s1. The quantitative estimate of drug-likeness (QED) is 0.767. The van der Waals surface area contributed by atoms with Gasteiger partial charge < -0.3 is 15.7 Å². The van der Waals surface area contributed by atoms with Crippen LogP contribution in [0, 0.1) is 5.92 Å². The van der Waals surface area contributed by atoms with Crippen molar-refractivity contribution in [2.45, 2.75) is 32.7 Å². The van der Waals surface area contributed by atoms with Crippen molar-refractivity contribution < 1.29 is 14.7 Å². The first kappa shape index (κ1) is 14.4. The Balaban J connectivity index is 2.12. The molecule has 20 heavy (non-hydrogen) atoms. The molecule has 108 valence electrons. The lowest BCUT2D eigenvalue weighted by Gasteiger charge is -2.20. The summed E-state index contributed by atoms with van der Waals surface area (Å²) in [4.78, 5) is 23.4. The number of carbonyl (C=O) groups is 2. The zero-order valence-corrected chi connectivity index (χ0v) is 11.8. The van der Waals surface area contributed by atoms with Crippen LogP contribution in [0.4, 0.5) is 5.69 Å². The Morgan fingerprint density at radius 1 is 1.45 bits per heavy atom. The smallest absolute Gasteiger partial charge is 0.326 e. The molecule has 1 heterocycles. The summed E-state index contributed by atoms with van der Waals surface area (Å²) in [5.74, 6) is -1.44. The number of nitrogens with one attached hydrogen (secondary N) is 2. The minimum Gasteiger partial charge on any atom is -0.480 e. The number of hydrogen-bond donors (Lipinski definition) is 3. The summed E-state index contributed by atoms with van der Waals surface area (Å²) in [5.41, 5.74) is 2.65. The van der Waals surface area contributed by atoms with Crippen LogP contribution >= 0.6 is 0 Å². The fourth-order valence-electron chi connectivity index (χ4n) is 2.34. The average molecular weight is 276 g/mol. The van der Waals surface area contributed by atoms with E-state index in [2.05, 4.69) is 10.6 Å². The van der Waals surface area contributed by atoms with Gasteiger partial charge in [0.2, 0.25) is 0 Å². The molecule has 0 spiro atoms. The Bertz CT molecular complexity index is 528. The van der Waals surface area contributed by atoms with Crippen molar-refractivity contribution >= 4 is 17.6 Å². The normalized spacial score (nSPS) is 15.9. The minimum absolute atomic E-state index is 0.107. The van der Waals surface area contributed by atoms with E-state index in [9.17, 15) is 14.7 Å². The van der Waals surface area contributed by atoms with Crippen LogP contribution in [-0.2, 0) is 11.2 Å². The van der Waals surface area contributed by atoms with Crippen LogP contribution in [0.5, 0.6) is 0 Å². The molecule has 1 aliphatic rings. The van der Waals surface area contributed by atoms with Crippen molar-refractivity contribution in [2.75, 3.05) is 11.9 Å². The maximum atomic E-state index is 12.2. The maximum absolute atomic E-state index is 12.2. The zero-order valence-electron chi connectivity index (χ0n) is 11.8. The van der Waals surface area contributed by atoms with Gasteiger partial charge in [-0.05, 0) is 30.0 Å². The fraction of sp³-hybridized carbons (Fsp3) is 0.467. The van der Waals surface area contributed by atoms with Crippen molar-refractivity contribution in [2.24, 2.45) is 5.92 Å². The largest absolute Gasteiger partial charge is 0.480 e. The van der Waals surface area contributed by atoms with Gasteiger partial charge in [0.25, 0.3) is 5.91 Å². The number of rotatable bonds is 5. The number of fused-ring (bicyclic) bond motifs is 1. The predicted octanol–water partition coefficient (Wildman–Crippen LogP) is 1.88. The lowest BCUT2D eigenvalue weighted by atomic mass is 9.98. The van der Waals surface area contributed by atoms with Gasteiger partial charge in [-0.2, -0.15) is 0 Å². The zero-order chi connectivity index (χ0) is 14.7. The van der Waals surface area contributed by atoms with Crippen LogP contribution in [-0.4, -0.2) is 29.6 Å². The number of carboxylic acid groups (broad SMARTS) is 1. The maximum Gasteiger partial charge on any atom is 0.326 e. The van der Waals surface area contributed by atoms with E-state index in [4.69, 9.17) is 0 Å². The van der Waals surface area contributed by atoms with Crippen molar-refractivity contribution in [3.05, 3.63) is 29.3 Å². The number of amides is 1. The first-order valence-electron chi connectivity index (χ1n) is 6.93.